The van der Waals surface area contributed by atoms with Gasteiger partial charge in [0.1, 0.15) is 17.1 Å². The summed E-state index contributed by atoms with van der Waals surface area (Å²) in [5.74, 6) is 0.401. The molecule has 11 nitrogen and oxygen atoms in total. The molecule has 0 radical (unpaired) electrons. The molecule has 5 heterocycles. The second kappa shape index (κ2) is 11.0. The van der Waals surface area contributed by atoms with Crippen LogP contribution in [0.2, 0.25) is 5.02 Å². The average Bonchev–Trinajstić information content (AvgIpc) is 3.71. The molecule has 1 aromatic carbocycles. The minimum absolute atomic E-state index is 0.132. The standard InChI is InChI=1S/C27H27ClN8O3/c1-36-8-5-22(35-36)25-24(16-11-17-13-30-34-23(17)21(28)12-16)33-27(26(29)32-25)38-10-6-18-3-2-4-19(31-18)14-39-20-7-9-37-15-20/h2-5,8,11-13,20H,6-7,9-10,14-15H2,1H3,(H2,29,32)(H,30,34). The third kappa shape index (κ3) is 5.56. The van der Waals surface area contributed by atoms with Crippen LogP contribution in [0.25, 0.3) is 33.5 Å². The Balaban J connectivity index is 1.23. The van der Waals surface area contributed by atoms with E-state index in [1.165, 1.54) is 0 Å². The van der Waals surface area contributed by atoms with Gasteiger partial charge in [0, 0.05) is 42.9 Å². The number of nitrogen functional groups attached to an aromatic ring is 1. The highest BCUT2D eigenvalue weighted by molar-refractivity contribution is 6.35. The summed E-state index contributed by atoms with van der Waals surface area (Å²) in [6.07, 6.45) is 5.15. The number of aromatic amines is 1. The second-order valence-electron chi connectivity index (χ2n) is 9.29. The van der Waals surface area contributed by atoms with E-state index in [1.54, 1.807) is 10.9 Å². The van der Waals surface area contributed by atoms with Gasteiger partial charge in [-0.15, -0.1) is 0 Å². The van der Waals surface area contributed by atoms with Crippen molar-refractivity contribution in [2.45, 2.75) is 25.6 Å². The number of hydrogen-bond acceptors (Lipinski definition) is 9. The predicted octanol–water partition coefficient (Wildman–Crippen LogP) is 3.98. The first kappa shape index (κ1) is 25.2. The molecule has 5 aromatic rings. The van der Waals surface area contributed by atoms with Crippen molar-refractivity contribution in [3.63, 3.8) is 0 Å². The summed E-state index contributed by atoms with van der Waals surface area (Å²) in [4.78, 5) is 14.1. The van der Waals surface area contributed by atoms with Crippen molar-refractivity contribution >= 4 is 28.3 Å². The normalized spacial score (nSPS) is 15.3. The molecular formula is C27H27ClN8O3. The lowest BCUT2D eigenvalue weighted by Crippen LogP contribution is -2.13. The number of anilines is 1. The van der Waals surface area contributed by atoms with Crippen LogP contribution in [0.1, 0.15) is 17.8 Å². The number of nitrogens with zero attached hydrogens (tertiary/aromatic N) is 6. The highest BCUT2D eigenvalue weighted by atomic mass is 35.5. The topological polar surface area (TPSA) is 139 Å². The van der Waals surface area contributed by atoms with Crippen LogP contribution in [0.3, 0.4) is 0 Å². The van der Waals surface area contributed by atoms with Gasteiger partial charge in [-0.25, -0.2) is 9.97 Å². The molecule has 1 atom stereocenters. The zero-order valence-corrected chi connectivity index (χ0v) is 22.1. The Labute approximate surface area is 229 Å². The lowest BCUT2D eigenvalue weighted by atomic mass is 10.1. The fourth-order valence-corrected chi connectivity index (χ4v) is 4.73. The highest BCUT2D eigenvalue weighted by Crippen LogP contribution is 2.35. The minimum Gasteiger partial charge on any atom is -0.475 e. The Morgan fingerprint density at radius 1 is 1.15 bits per heavy atom. The van der Waals surface area contributed by atoms with Crippen LogP contribution in [0.15, 0.2) is 48.8 Å². The summed E-state index contributed by atoms with van der Waals surface area (Å²) >= 11 is 6.53. The zero-order valence-electron chi connectivity index (χ0n) is 21.3. The fourth-order valence-electron chi connectivity index (χ4n) is 4.46. The molecular weight excluding hydrogens is 520 g/mol. The van der Waals surface area contributed by atoms with Crippen molar-refractivity contribution in [1.29, 1.82) is 0 Å². The monoisotopic (exact) mass is 546 g/mol. The second-order valence-corrected chi connectivity index (χ2v) is 9.70. The minimum atomic E-state index is 0.132. The number of ether oxygens (including phenoxy) is 3. The number of pyridine rings is 1. The Hall–Kier alpha value is -4.06. The third-order valence-electron chi connectivity index (χ3n) is 6.44. The molecule has 0 aliphatic carbocycles. The van der Waals surface area contributed by atoms with Crippen LogP contribution in [0.5, 0.6) is 5.88 Å². The van der Waals surface area contributed by atoms with E-state index in [2.05, 4.69) is 20.3 Å². The summed E-state index contributed by atoms with van der Waals surface area (Å²) in [5, 5.41) is 12.9. The van der Waals surface area contributed by atoms with E-state index in [4.69, 9.17) is 41.5 Å². The van der Waals surface area contributed by atoms with Crippen molar-refractivity contribution in [1.82, 2.24) is 34.9 Å². The van der Waals surface area contributed by atoms with Gasteiger partial charge in [-0.3, -0.25) is 14.8 Å². The summed E-state index contributed by atoms with van der Waals surface area (Å²) < 4.78 is 19.0. The van der Waals surface area contributed by atoms with Gasteiger partial charge in [-0.2, -0.15) is 10.2 Å². The molecule has 200 valence electrons. The summed E-state index contributed by atoms with van der Waals surface area (Å²) in [6.45, 7) is 2.15. The molecule has 1 fully saturated rings. The van der Waals surface area contributed by atoms with E-state index in [0.717, 1.165) is 40.9 Å². The lowest BCUT2D eigenvalue weighted by molar-refractivity contribution is 0.0301. The first-order valence-electron chi connectivity index (χ1n) is 12.6. The maximum Gasteiger partial charge on any atom is 0.257 e. The molecule has 6 rings (SSSR count). The lowest BCUT2D eigenvalue weighted by Gasteiger charge is -2.13. The number of aromatic nitrogens is 7. The number of nitrogens with two attached hydrogens (primary N) is 1. The van der Waals surface area contributed by atoms with Crippen molar-refractivity contribution in [2.75, 3.05) is 25.6 Å². The molecule has 3 N–H and O–H groups in total. The van der Waals surface area contributed by atoms with Crippen molar-refractivity contribution < 1.29 is 14.2 Å². The highest BCUT2D eigenvalue weighted by Gasteiger charge is 2.20. The number of nitrogens with one attached hydrogen (secondary N) is 1. The molecule has 1 aliphatic heterocycles. The van der Waals surface area contributed by atoms with E-state index in [9.17, 15) is 0 Å². The van der Waals surface area contributed by atoms with Crippen molar-refractivity contribution in [2.24, 2.45) is 7.05 Å². The van der Waals surface area contributed by atoms with Gasteiger partial charge in [0.15, 0.2) is 5.82 Å². The van der Waals surface area contributed by atoms with Gasteiger partial charge in [-0.1, -0.05) is 17.7 Å². The van der Waals surface area contributed by atoms with Gasteiger partial charge in [0.05, 0.1) is 48.4 Å². The molecule has 12 heteroatoms. The smallest absolute Gasteiger partial charge is 0.257 e. The molecule has 0 spiro atoms. The van der Waals surface area contributed by atoms with Crippen LogP contribution in [0.4, 0.5) is 5.82 Å². The molecule has 0 saturated carbocycles. The number of hydrogen-bond donors (Lipinski definition) is 2. The van der Waals surface area contributed by atoms with Crippen LogP contribution >= 0.6 is 11.6 Å². The van der Waals surface area contributed by atoms with E-state index in [1.807, 2.05) is 49.6 Å². The molecule has 39 heavy (non-hydrogen) atoms. The molecule has 4 aromatic heterocycles. The average molecular weight is 547 g/mol. The molecule has 0 bridgehead atoms. The maximum absolute atomic E-state index is 6.53. The van der Waals surface area contributed by atoms with E-state index >= 15 is 0 Å². The SMILES string of the molecule is Cn1ccc(-c2nc(N)c(OCCc3cccc(COC4CCOC4)n3)nc2-c2cc(Cl)c3[nH]ncc3c2)n1. The van der Waals surface area contributed by atoms with Crippen LogP contribution < -0.4 is 10.5 Å². The van der Waals surface area contributed by atoms with Crippen LogP contribution in [-0.2, 0) is 29.5 Å². The molecule has 1 saturated heterocycles. The number of halogens is 1. The Morgan fingerprint density at radius 3 is 2.87 bits per heavy atom. The Kier molecular flexibility index (Phi) is 7.10. The fraction of sp³-hybridized carbons (Fsp3) is 0.296. The van der Waals surface area contributed by atoms with Gasteiger partial charge in [-0.05, 0) is 36.8 Å². The molecule has 1 unspecified atom stereocenters. The summed E-state index contributed by atoms with van der Waals surface area (Å²) in [6, 6.07) is 11.5. The van der Waals surface area contributed by atoms with Crippen LogP contribution in [-0.4, -0.2) is 60.9 Å². The van der Waals surface area contributed by atoms with E-state index in [-0.39, 0.29) is 17.8 Å². The molecule has 0 amide bonds. The number of fused-ring (bicyclic) bond motifs is 1. The Bertz CT molecular complexity index is 1610. The van der Waals surface area contributed by atoms with Gasteiger partial charge in [0.25, 0.3) is 5.88 Å². The third-order valence-corrected chi connectivity index (χ3v) is 6.73. The summed E-state index contributed by atoms with van der Waals surface area (Å²) in [5.41, 5.74) is 11.3. The van der Waals surface area contributed by atoms with Crippen molar-refractivity contribution in [3.8, 4) is 28.5 Å². The van der Waals surface area contributed by atoms with Crippen molar-refractivity contribution in [3.05, 3.63) is 65.2 Å². The quantitative estimate of drug-likeness (QED) is 0.281. The van der Waals surface area contributed by atoms with E-state index in [0.29, 0.717) is 48.3 Å². The number of rotatable bonds is 9. The number of benzene rings is 1. The first-order chi connectivity index (χ1) is 19.0. The Morgan fingerprint density at radius 2 is 2.05 bits per heavy atom. The largest absolute Gasteiger partial charge is 0.475 e. The first-order valence-corrected chi connectivity index (χ1v) is 13.0. The number of aryl methyl sites for hydroxylation is 1. The van der Waals surface area contributed by atoms with E-state index < -0.39 is 0 Å². The van der Waals surface area contributed by atoms with Crippen LogP contribution in [0, 0.1) is 0 Å². The molecule has 1 aliphatic rings. The number of H-pyrrole nitrogens is 1. The summed E-state index contributed by atoms with van der Waals surface area (Å²) in [7, 11) is 1.84. The zero-order chi connectivity index (χ0) is 26.8. The van der Waals surface area contributed by atoms with Gasteiger partial charge < -0.3 is 19.9 Å². The van der Waals surface area contributed by atoms with Gasteiger partial charge in [0.2, 0.25) is 0 Å². The van der Waals surface area contributed by atoms with Gasteiger partial charge >= 0.3 is 0 Å². The maximum atomic E-state index is 6.53. The predicted molar refractivity (Wildman–Crippen MR) is 146 cm³/mol.